The van der Waals surface area contributed by atoms with Crippen LogP contribution in [0.15, 0.2) is 23.7 Å². The zero-order valence-corrected chi connectivity index (χ0v) is 14.6. The predicted molar refractivity (Wildman–Crippen MR) is 86.6 cm³/mol. The average molecular weight is 351 g/mol. The Morgan fingerprint density at radius 1 is 1.38 bits per heavy atom. The number of rotatable bonds is 4. The molecular weight excluding hydrogens is 330 g/mol. The highest BCUT2D eigenvalue weighted by Gasteiger charge is 2.33. The normalized spacial score (nSPS) is 19.5. The SMILES string of the molecule is Cc1ncc(CO)c(C2CCCN(S(=O)(=O)c3cn(C)cn3)C2)n1. The van der Waals surface area contributed by atoms with Crippen molar-refractivity contribution in [2.24, 2.45) is 7.05 Å². The number of aryl methyl sites for hydroxylation is 2. The van der Waals surface area contributed by atoms with Crippen LogP contribution < -0.4 is 0 Å². The van der Waals surface area contributed by atoms with Crippen molar-refractivity contribution in [3.63, 3.8) is 0 Å². The first-order chi connectivity index (χ1) is 11.4. The number of hydrogen-bond acceptors (Lipinski definition) is 6. The Bertz CT molecular complexity index is 833. The monoisotopic (exact) mass is 351 g/mol. The molecule has 24 heavy (non-hydrogen) atoms. The van der Waals surface area contributed by atoms with Crippen LogP contribution in [0.1, 0.15) is 35.8 Å². The van der Waals surface area contributed by atoms with E-state index in [0.29, 0.717) is 24.5 Å². The van der Waals surface area contributed by atoms with Gasteiger partial charge in [0.2, 0.25) is 0 Å². The fourth-order valence-electron chi connectivity index (χ4n) is 3.03. The Labute approximate surface area is 141 Å². The van der Waals surface area contributed by atoms with Gasteiger partial charge in [-0.1, -0.05) is 0 Å². The number of hydrogen-bond donors (Lipinski definition) is 1. The van der Waals surface area contributed by atoms with Gasteiger partial charge in [-0.25, -0.2) is 23.4 Å². The summed E-state index contributed by atoms with van der Waals surface area (Å²) in [6.07, 6.45) is 6.17. The van der Waals surface area contributed by atoms with Gasteiger partial charge in [-0.05, 0) is 19.8 Å². The van der Waals surface area contributed by atoms with Crippen LogP contribution >= 0.6 is 0 Å². The largest absolute Gasteiger partial charge is 0.392 e. The van der Waals surface area contributed by atoms with Crippen molar-refractivity contribution in [3.05, 3.63) is 35.8 Å². The Morgan fingerprint density at radius 3 is 2.83 bits per heavy atom. The first kappa shape index (κ1) is 17.0. The highest BCUT2D eigenvalue weighted by atomic mass is 32.2. The molecule has 0 aliphatic carbocycles. The highest BCUT2D eigenvalue weighted by Crippen LogP contribution is 2.30. The molecule has 130 valence electrons. The van der Waals surface area contributed by atoms with Crippen molar-refractivity contribution in [1.29, 1.82) is 0 Å². The van der Waals surface area contributed by atoms with E-state index in [1.54, 1.807) is 24.7 Å². The Morgan fingerprint density at radius 2 is 2.17 bits per heavy atom. The van der Waals surface area contributed by atoms with E-state index in [0.717, 1.165) is 18.5 Å². The van der Waals surface area contributed by atoms with Crippen molar-refractivity contribution in [2.45, 2.75) is 37.3 Å². The molecule has 0 spiro atoms. The Hall–Kier alpha value is -1.84. The van der Waals surface area contributed by atoms with Gasteiger partial charge in [-0.3, -0.25) is 0 Å². The molecule has 0 saturated carbocycles. The zero-order valence-electron chi connectivity index (χ0n) is 13.8. The van der Waals surface area contributed by atoms with Gasteiger partial charge in [-0.15, -0.1) is 0 Å². The van der Waals surface area contributed by atoms with Gasteiger partial charge in [0, 0.05) is 44.0 Å². The molecular formula is C15H21N5O3S. The number of piperidine rings is 1. The van der Waals surface area contributed by atoms with Crippen LogP contribution in [0.5, 0.6) is 0 Å². The maximum absolute atomic E-state index is 12.8. The minimum atomic E-state index is -3.62. The zero-order chi connectivity index (χ0) is 17.3. The van der Waals surface area contributed by atoms with Gasteiger partial charge in [0.15, 0.2) is 5.03 Å². The number of aromatic nitrogens is 4. The lowest BCUT2D eigenvalue weighted by Gasteiger charge is -2.31. The van der Waals surface area contributed by atoms with E-state index in [-0.39, 0.29) is 17.6 Å². The number of nitrogens with zero attached hydrogens (tertiary/aromatic N) is 5. The number of imidazole rings is 1. The molecule has 0 aromatic carbocycles. The fraction of sp³-hybridized carbons (Fsp3) is 0.533. The summed E-state index contributed by atoms with van der Waals surface area (Å²) in [5, 5.41) is 9.58. The molecule has 0 radical (unpaired) electrons. The van der Waals surface area contributed by atoms with Gasteiger partial charge >= 0.3 is 0 Å². The van der Waals surface area contributed by atoms with E-state index in [1.807, 2.05) is 0 Å². The summed E-state index contributed by atoms with van der Waals surface area (Å²) in [5.74, 6) is 0.563. The molecule has 3 rings (SSSR count). The Kier molecular flexibility index (Phi) is 4.66. The van der Waals surface area contributed by atoms with Gasteiger partial charge in [0.25, 0.3) is 10.0 Å². The lowest BCUT2D eigenvalue weighted by Crippen LogP contribution is -2.39. The van der Waals surface area contributed by atoms with Gasteiger partial charge < -0.3 is 9.67 Å². The molecule has 8 nitrogen and oxygen atoms in total. The summed E-state index contributed by atoms with van der Waals surface area (Å²) in [6.45, 7) is 2.44. The minimum absolute atomic E-state index is 0.0545. The molecule has 1 aliphatic rings. The third-order valence-corrected chi connectivity index (χ3v) is 6.00. The van der Waals surface area contributed by atoms with Crippen LogP contribution in [0.25, 0.3) is 0 Å². The van der Waals surface area contributed by atoms with E-state index >= 15 is 0 Å². The first-order valence-electron chi connectivity index (χ1n) is 7.83. The Balaban J connectivity index is 1.89. The number of sulfonamides is 1. The smallest absolute Gasteiger partial charge is 0.262 e. The van der Waals surface area contributed by atoms with E-state index < -0.39 is 10.0 Å². The molecule has 3 heterocycles. The third-order valence-electron chi connectivity index (χ3n) is 4.25. The summed E-state index contributed by atoms with van der Waals surface area (Å²) < 4.78 is 28.6. The molecule has 1 fully saturated rings. The van der Waals surface area contributed by atoms with Crippen LogP contribution in [0, 0.1) is 6.92 Å². The molecule has 2 aromatic heterocycles. The molecule has 1 unspecified atom stereocenters. The van der Waals surface area contributed by atoms with Crippen molar-refractivity contribution < 1.29 is 13.5 Å². The molecule has 1 N–H and O–H groups in total. The summed E-state index contributed by atoms with van der Waals surface area (Å²) in [7, 11) is -1.88. The maximum atomic E-state index is 12.8. The van der Waals surface area contributed by atoms with Crippen molar-refractivity contribution >= 4 is 10.0 Å². The second-order valence-corrected chi connectivity index (χ2v) is 7.95. The van der Waals surface area contributed by atoms with Crippen LogP contribution in [0.2, 0.25) is 0 Å². The lowest BCUT2D eigenvalue weighted by atomic mass is 9.93. The summed E-state index contributed by atoms with van der Waals surface area (Å²) >= 11 is 0. The third kappa shape index (κ3) is 3.19. The van der Waals surface area contributed by atoms with Crippen molar-refractivity contribution in [1.82, 2.24) is 23.8 Å². The highest BCUT2D eigenvalue weighted by molar-refractivity contribution is 7.89. The van der Waals surface area contributed by atoms with Gasteiger partial charge in [0.1, 0.15) is 5.82 Å². The molecule has 1 atom stereocenters. The van der Waals surface area contributed by atoms with Crippen LogP contribution in [0.3, 0.4) is 0 Å². The standard InChI is InChI=1S/C15H21N5O3S/c1-11-16-6-13(9-21)15(18-11)12-4-3-5-20(7-12)24(22,23)14-8-19(2)10-17-14/h6,8,10,12,21H,3-5,7,9H2,1-2H3. The molecule has 0 amide bonds. The molecule has 1 aliphatic heterocycles. The number of aliphatic hydroxyl groups is 1. The average Bonchev–Trinajstić information content (AvgIpc) is 3.02. The van der Waals surface area contributed by atoms with E-state index in [2.05, 4.69) is 15.0 Å². The van der Waals surface area contributed by atoms with Crippen molar-refractivity contribution in [2.75, 3.05) is 13.1 Å². The lowest BCUT2D eigenvalue weighted by molar-refractivity contribution is 0.272. The van der Waals surface area contributed by atoms with Crippen LogP contribution in [-0.2, 0) is 23.7 Å². The summed E-state index contributed by atoms with van der Waals surface area (Å²) in [6, 6.07) is 0. The van der Waals surface area contributed by atoms with E-state index in [1.165, 1.54) is 16.8 Å². The minimum Gasteiger partial charge on any atom is -0.392 e. The molecule has 0 bridgehead atoms. The second kappa shape index (κ2) is 6.58. The maximum Gasteiger partial charge on any atom is 0.262 e. The van der Waals surface area contributed by atoms with Gasteiger partial charge in [-0.2, -0.15) is 4.31 Å². The van der Waals surface area contributed by atoms with Crippen LogP contribution in [-0.4, -0.2) is 50.4 Å². The van der Waals surface area contributed by atoms with Crippen molar-refractivity contribution in [3.8, 4) is 0 Å². The van der Waals surface area contributed by atoms with E-state index in [4.69, 9.17) is 0 Å². The van der Waals surface area contributed by atoms with Gasteiger partial charge in [0.05, 0.1) is 18.6 Å². The summed E-state index contributed by atoms with van der Waals surface area (Å²) in [4.78, 5) is 12.5. The predicted octanol–water partition coefficient (Wildman–Crippen LogP) is 0.579. The van der Waals surface area contributed by atoms with Crippen LogP contribution in [0.4, 0.5) is 0 Å². The molecule has 2 aromatic rings. The second-order valence-electron chi connectivity index (χ2n) is 6.07. The molecule has 9 heteroatoms. The topological polar surface area (TPSA) is 101 Å². The molecule has 1 saturated heterocycles. The first-order valence-corrected chi connectivity index (χ1v) is 9.27. The number of aliphatic hydroxyl groups excluding tert-OH is 1. The fourth-order valence-corrected chi connectivity index (χ4v) is 4.52. The quantitative estimate of drug-likeness (QED) is 0.865. The summed E-state index contributed by atoms with van der Waals surface area (Å²) in [5.41, 5.74) is 1.40. The van der Waals surface area contributed by atoms with E-state index in [9.17, 15) is 13.5 Å².